The Hall–Kier alpha value is -2.33. The highest BCUT2D eigenvalue weighted by Crippen LogP contribution is 2.06. The lowest BCUT2D eigenvalue weighted by molar-refractivity contribution is -0.121. The maximum Gasteiger partial charge on any atom is 0.221 e. The summed E-state index contributed by atoms with van der Waals surface area (Å²) in [5, 5.41) is 20.5. The molecule has 0 heterocycles. The average Bonchev–Trinajstić information content (AvgIpc) is 2.45. The predicted octanol–water partition coefficient (Wildman–Crippen LogP) is 2.30. The van der Waals surface area contributed by atoms with Gasteiger partial charge in [-0.2, -0.15) is 10.5 Å². The van der Waals surface area contributed by atoms with Gasteiger partial charge >= 0.3 is 0 Å². The molecule has 1 rings (SSSR count). The Bertz CT molecular complexity index is 494. The van der Waals surface area contributed by atoms with Crippen molar-refractivity contribution in [1.82, 2.24) is 5.32 Å². The molecule has 0 saturated carbocycles. The number of amides is 1. The van der Waals surface area contributed by atoms with E-state index in [1.165, 1.54) is 0 Å². The SMILES string of the molecule is CCCCC(=O)N[C@H](C#N)Cc1ccc(C#N)cc1. The molecular formula is C15H17N3O. The first-order chi connectivity index (χ1) is 9.19. The Kier molecular flexibility index (Phi) is 6.12. The van der Waals surface area contributed by atoms with E-state index in [2.05, 4.69) is 11.4 Å². The summed E-state index contributed by atoms with van der Waals surface area (Å²) in [6.07, 6.45) is 2.71. The van der Waals surface area contributed by atoms with E-state index in [0.29, 0.717) is 18.4 Å². The number of carbonyl (C=O) groups excluding carboxylic acids is 1. The summed E-state index contributed by atoms with van der Waals surface area (Å²) >= 11 is 0. The van der Waals surface area contributed by atoms with Crippen molar-refractivity contribution in [2.24, 2.45) is 0 Å². The summed E-state index contributed by atoms with van der Waals surface area (Å²) < 4.78 is 0. The molecule has 1 atom stereocenters. The smallest absolute Gasteiger partial charge is 0.221 e. The molecule has 1 aromatic rings. The molecule has 0 radical (unpaired) electrons. The molecule has 19 heavy (non-hydrogen) atoms. The van der Waals surface area contributed by atoms with Crippen molar-refractivity contribution in [3.63, 3.8) is 0 Å². The van der Waals surface area contributed by atoms with Gasteiger partial charge in [-0.3, -0.25) is 4.79 Å². The van der Waals surface area contributed by atoms with Gasteiger partial charge in [0.25, 0.3) is 0 Å². The number of hydrogen-bond donors (Lipinski definition) is 1. The Morgan fingerprint density at radius 1 is 1.32 bits per heavy atom. The minimum atomic E-state index is -0.516. The van der Waals surface area contributed by atoms with Crippen LogP contribution in [0.2, 0.25) is 0 Å². The minimum absolute atomic E-state index is 0.0814. The number of nitrogens with one attached hydrogen (secondary N) is 1. The third-order valence-corrected chi connectivity index (χ3v) is 2.77. The van der Waals surface area contributed by atoms with Crippen LogP contribution in [-0.4, -0.2) is 11.9 Å². The van der Waals surface area contributed by atoms with Crippen molar-refractivity contribution < 1.29 is 4.79 Å². The third-order valence-electron chi connectivity index (χ3n) is 2.77. The second-order valence-corrected chi connectivity index (χ2v) is 4.37. The van der Waals surface area contributed by atoms with Crippen LogP contribution >= 0.6 is 0 Å². The number of hydrogen-bond acceptors (Lipinski definition) is 3. The van der Waals surface area contributed by atoms with E-state index in [0.717, 1.165) is 18.4 Å². The van der Waals surface area contributed by atoms with Crippen LogP contribution < -0.4 is 5.32 Å². The highest BCUT2D eigenvalue weighted by molar-refractivity contribution is 5.76. The zero-order valence-electron chi connectivity index (χ0n) is 11.0. The van der Waals surface area contributed by atoms with Crippen molar-refractivity contribution in [3.8, 4) is 12.1 Å². The number of nitrogens with zero attached hydrogens (tertiary/aromatic N) is 2. The van der Waals surface area contributed by atoms with Crippen LogP contribution in [0.25, 0.3) is 0 Å². The van der Waals surface area contributed by atoms with Crippen molar-refractivity contribution in [2.45, 2.75) is 38.6 Å². The van der Waals surface area contributed by atoms with Crippen molar-refractivity contribution >= 4 is 5.91 Å². The molecule has 4 nitrogen and oxygen atoms in total. The standard InChI is InChI=1S/C15H17N3O/c1-2-3-4-15(19)18-14(11-17)9-12-5-7-13(10-16)8-6-12/h5-8,14H,2-4,9H2,1H3,(H,18,19)/t14-/m0/s1. The van der Waals surface area contributed by atoms with Gasteiger partial charge in [-0.1, -0.05) is 25.5 Å². The minimum Gasteiger partial charge on any atom is -0.340 e. The van der Waals surface area contributed by atoms with Crippen LogP contribution in [0.4, 0.5) is 0 Å². The number of carbonyl (C=O) groups is 1. The van der Waals surface area contributed by atoms with Gasteiger partial charge in [0.05, 0.1) is 17.7 Å². The Morgan fingerprint density at radius 3 is 2.53 bits per heavy atom. The van der Waals surface area contributed by atoms with Gasteiger partial charge < -0.3 is 5.32 Å². The van der Waals surface area contributed by atoms with Crippen molar-refractivity contribution in [1.29, 1.82) is 10.5 Å². The lowest BCUT2D eigenvalue weighted by atomic mass is 10.0. The molecule has 0 unspecified atom stereocenters. The van der Waals surface area contributed by atoms with Gasteiger partial charge in [-0.05, 0) is 24.1 Å². The first kappa shape index (κ1) is 14.7. The summed E-state index contributed by atoms with van der Waals surface area (Å²) in [6, 6.07) is 10.7. The summed E-state index contributed by atoms with van der Waals surface area (Å²) in [6.45, 7) is 2.02. The summed E-state index contributed by atoms with van der Waals surface area (Å²) in [7, 11) is 0. The number of nitriles is 2. The van der Waals surface area contributed by atoms with E-state index in [9.17, 15) is 4.79 Å². The van der Waals surface area contributed by atoms with Crippen LogP contribution in [0.15, 0.2) is 24.3 Å². The second-order valence-electron chi connectivity index (χ2n) is 4.37. The normalized spacial score (nSPS) is 11.1. The van der Waals surface area contributed by atoms with Crippen molar-refractivity contribution in [2.75, 3.05) is 0 Å². The number of unbranched alkanes of at least 4 members (excludes halogenated alkanes) is 1. The molecule has 0 aromatic heterocycles. The van der Waals surface area contributed by atoms with E-state index in [4.69, 9.17) is 10.5 Å². The van der Waals surface area contributed by atoms with E-state index in [1.54, 1.807) is 24.3 Å². The van der Waals surface area contributed by atoms with E-state index >= 15 is 0 Å². The topological polar surface area (TPSA) is 76.7 Å². The molecule has 0 saturated heterocycles. The molecule has 1 aromatic carbocycles. The molecule has 4 heteroatoms. The van der Waals surface area contributed by atoms with Gasteiger partial charge in [-0.25, -0.2) is 0 Å². The first-order valence-electron chi connectivity index (χ1n) is 6.37. The Balaban J connectivity index is 2.54. The molecule has 0 spiro atoms. The highest BCUT2D eigenvalue weighted by Gasteiger charge is 2.11. The zero-order chi connectivity index (χ0) is 14.1. The Labute approximate surface area is 113 Å². The summed E-state index contributed by atoms with van der Waals surface area (Å²) in [5.41, 5.74) is 1.52. The van der Waals surface area contributed by atoms with E-state index in [1.807, 2.05) is 13.0 Å². The van der Waals surface area contributed by atoms with Crippen LogP contribution in [0, 0.1) is 22.7 Å². The lowest BCUT2D eigenvalue weighted by Gasteiger charge is -2.11. The maximum atomic E-state index is 11.6. The quantitative estimate of drug-likeness (QED) is 0.847. The van der Waals surface area contributed by atoms with Crippen LogP contribution in [-0.2, 0) is 11.2 Å². The van der Waals surface area contributed by atoms with Gasteiger partial charge in [0.15, 0.2) is 0 Å². The van der Waals surface area contributed by atoms with Crippen LogP contribution in [0.1, 0.15) is 37.3 Å². The summed E-state index contributed by atoms with van der Waals surface area (Å²) in [5.74, 6) is -0.0814. The zero-order valence-corrected chi connectivity index (χ0v) is 11.0. The molecule has 0 bridgehead atoms. The predicted molar refractivity (Wildman–Crippen MR) is 71.9 cm³/mol. The molecule has 0 aliphatic rings. The first-order valence-corrected chi connectivity index (χ1v) is 6.37. The van der Waals surface area contributed by atoms with E-state index in [-0.39, 0.29) is 5.91 Å². The fourth-order valence-electron chi connectivity index (χ4n) is 1.68. The van der Waals surface area contributed by atoms with Gasteiger partial charge in [0.2, 0.25) is 5.91 Å². The highest BCUT2D eigenvalue weighted by atomic mass is 16.1. The summed E-state index contributed by atoms with van der Waals surface area (Å²) in [4.78, 5) is 11.6. The van der Waals surface area contributed by atoms with Gasteiger partial charge in [-0.15, -0.1) is 0 Å². The monoisotopic (exact) mass is 255 g/mol. The van der Waals surface area contributed by atoms with Gasteiger partial charge in [0.1, 0.15) is 6.04 Å². The van der Waals surface area contributed by atoms with Crippen LogP contribution in [0.5, 0.6) is 0 Å². The van der Waals surface area contributed by atoms with E-state index < -0.39 is 6.04 Å². The molecule has 1 N–H and O–H groups in total. The Morgan fingerprint density at radius 2 is 2.00 bits per heavy atom. The molecular weight excluding hydrogens is 238 g/mol. The number of rotatable bonds is 6. The maximum absolute atomic E-state index is 11.6. The fraction of sp³-hybridized carbons (Fsp3) is 0.400. The number of benzene rings is 1. The molecule has 0 fully saturated rings. The lowest BCUT2D eigenvalue weighted by Crippen LogP contribution is -2.35. The largest absolute Gasteiger partial charge is 0.340 e. The second kappa shape index (κ2) is 7.89. The van der Waals surface area contributed by atoms with Crippen LogP contribution in [0.3, 0.4) is 0 Å². The van der Waals surface area contributed by atoms with Crippen molar-refractivity contribution in [3.05, 3.63) is 35.4 Å². The molecule has 0 aliphatic heterocycles. The molecule has 0 aliphatic carbocycles. The molecule has 1 amide bonds. The molecule has 98 valence electrons. The fourth-order valence-corrected chi connectivity index (χ4v) is 1.68. The average molecular weight is 255 g/mol. The third kappa shape index (κ3) is 5.23. The van der Waals surface area contributed by atoms with Gasteiger partial charge in [0, 0.05) is 12.8 Å².